The molecule has 1 aromatic carbocycles. The number of amides is 1. The van der Waals surface area contributed by atoms with Crippen LogP contribution < -0.4 is 20.9 Å². The smallest absolute Gasteiger partial charge is 0.262 e. The number of hydrogen-bond acceptors (Lipinski definition) is 3. The highest BCUT2D eigenvalue weighted by Gasteiger charge is 2.02. The number of rotatable bonds is 6. The third kappa shape index (κ3) is 7.65. The second-order valence-corrected chi connectivity index (χ2v) is 6.04. The Morgan fingerprint density at radius 3 is 2.74 bits per heavy atom. The van der Waals surface area contributed by atoms with Gasteiger partial charge in [-0.1, -0.05) is 25.5 Å². The maximum absolute atomic E-state index is 11.8. The van der Waals surface area contributed by atoms with Crippen LogP contribution in [0.5, 0.6) is 5.75 Å². The van der Waals surface area contributed by atoms with Gasteiger partial charge in [-0.2, -0.15) is 0 Å². The van der Waals surface area contributed by atoms with Crippen molar-refractivity contribution < 1.29 is 9.53 Å². The molecule has 5 nitrogen and oxygen atoms in total. The summed E-state index contributed by atoms with van der Waals surface area (Å²) in [4.78, 5) is 11.8. The highest BCUT2D eigenvalue weighted by Crippen LogP contribution is 2.20. The Morgan fingerprint density at radius 1 is 1.35 bits per heavy atom. The second-order valence-electron chi connectivity index (χ2n) is 5.63. The van der Waals surface area contributed by atoms with Gasteiger partial charge in [0.15, 0.2) is 5.11 Å². The number of nitrogens with one attached hydrogen (secondary N) is 3. The molecule has 6 heteroatoms. The van der Waals surface area contributed by atoms with E-state index in [1.807, 2.05) is 25.1 Å². The van der Waals surface area contributed by atoms with Gasteiger partial charge in [-0.05, 0) is 49.7 Å². The summed E-state index contributed by atoms with van der Waals surface area (Å²) in [5.74, 6) is 1.03. The minimum absolute atomic E-state index is 0.290. The Morgan fingerprint density at radius 2 is 2.09 bits per heavy atom. The molecule has 0 heterocycles. The molecule has 3 N–H and O–H groups in total. The molecule has 0 aliphatic heterocycles. The summed E-state index contributed by atoms with van der Waals surface area (Å²) in [5, 5.41) is 3.43. The van der Waals surface area contributed by atoms with E-state index in [2.05, 4.69) is 30.0 Å². The van der Waals surface area contributed by atoms with Gasteiger partial charge in [-0.15, -0.1) is 0 Å². The van der Waals surface area contributed by atoms with Gasteiger partial charge in [0.25, 0.3) is 5.91 Å². The first-order valence-electron chi connectivity index (χ1n) is 7.59. The number of benzene rings is 1. The first-order chi connectivity index (χ1) is 10.9. The highest BCUT2D eigenvalue weighted by atomic mass is 32.1. The van der Waals surface area contributed by atoms with E-state index in [1.54, 1.807) is 13.2 Å². The maximum atomic E-state index is 11.8. The molecular formula is C17H25N3O2S. The predicted molar refractivity (Wildman–Crippen MR) is 98.1 cm³/mol. The average molecular weight is 335 g/mol. The molecule has 23 heavy (non-hydrogen) atoms. The fraction of sp³-hybridized carbons (Fsp3) is 0.412. The Bertz CT molecular complexity index is 571. The van der Waals surface area contributed by atoms with Crippen LogP contribution in [-0.2, 0) is 4.79 Å². The van der Waals surface area contributed by atoms with Gasteiger partial charge in [0.1, 0.15) is 5.75 Å². The summed E-state index contributed by atoms with van der Waals surface area (Å²) < 4.78 is 5.26. The van der Waals surface area contributed by atoms with Gasteiger partial charge in [0.05, 0.1) is 7.11 Å². The van der Waals surface area contributed by atoms with E-state index < -0.39 is 0 Å². The van der Waals surface area contributed by atoms with Crippen molar-refractivity contribution in [3.63, 3.8) is 0 Å². The fourth-order valence-corrected chi connectivity index (χ4v) is 1.98. The molecule has 0 aromatic heterocycles. The first kappa shape index (κ1) is 19.0. The van der Waals surface area contributed by atoms with Gasteiger partial charge in [-0.3, -0.25) is 15.6 Å². The van der Waals surface area contributed by atoms with Crippen molar-refractivity contribution in [2.75, 3.05) is 13.7 Å². The fourth-order valence-electron chi connectivity index (χ4n) is 1.83. The lowest BCUT2D eigenvalue weighted by atomic mass is 10.1. The van der Waals surface area contributed by atoms with Crippen molar-refractivity contribution in [3.8, 4) is 5.75 Å². The van der Waals surface area contributed by atoms with Crippen molar-refractivity contribution in [1.29, 1.82) is 0 Å². The lowest BCUT2D eigenvalue weighted by Gasteiger charge is -2.11. The standard InChI is InChI=1S/C17H25N3O2S/c1-12(2)9-10-18-17(23)20-19-16(21)8-6-14-11-13(3)5-7-15(14)22-4/h5-8,11-12H,9-10H2,1-4H3,(H,19,21)(H2,18,20,23)/b8-6+. The van der Waals surface area contributed by atoms with Crippen LogP contribution in [0.15, 0.2) is 24.3 Å². The molecule has 126 valence electrons. The van der Waals surface area contributed by atoms with Crippen molar-refractivity contribution in [2.24, 2.45) is 5.92 Å². The zero-order valence-electron chi connectivity index (χ0n) is 14.1. The van der Waals surface area contributed by atoms with Crippen LogP contribution in [-0.4, -0.2) is 24.7 Å². The molecule has 0 atom stereocenters. The molecule has 1 aromatic rings. The lowest BCUT2D eigenvalue weighted by Crippen LogP contribution is -2.46. The number of methoxy groups -OCH3 is 1. The molecule has 1 amide bonds. The number of hydrazine groups is 1. The third-order valence-electron chi connectivity index (χ3n) is 3.11. The van der Waals surface area contributed by atoms with E-state index in [1.165, 1.54) is 6.08 Å². The predicted octanol–water partition coefficient (Wildman–Crippen LogP) is 2.56. The largest absolute Gasteiger partial charge is 0.496 e. The van der Waals surface area contributed by atoms with Crippen LogP contribution in [0, 0.1) is 12.8 Å². The normalized spacial score (nSPS) is 10.7. The monoisotopic (exact) mass is 335 g/mol. The third-order valence-corrected chi connectivity index (χ3v) is 3.35. The molecule has 0 saturated carbocycles. The summed E-state index contributed by atoms with van der Waals surface area (Å²) in [6, 6.07) is 5.78. The number of aryl methyl sites for hydroxylation is 1. The Kier molecular flexibility index (Phi) is 8.11. The van der Waals surface area contributed by atoms with E-state index in [9.17, 15) is 4.79 Å². The van der Waals surface area contributed by atoms with Crippen molar-refractivity contribution in [1.82, 2.24) is 16.2 Å². The molecule has 0 unspecified atom stereocenters. The molecule has 0 aliphatic carbocycles. The van der Waals surface area contributed by atoms with Crippen LogP contribution >= 0.6 is 12.2 Å². The molecule has 1 rings (SSSR count). The van der Waals surface area contributed by atoms with Gasteiger partial charge >= 0.3 is 0 Å². The first-order valence-corrected chi connectivity index (χ1v) is 7.99. The summed E-state index contributed by atoms with van der Waals surface area (Å²) in [5.41, 5.74) is 7.14. The Balaban J connectivity index is 2.44. The van der Waals surface area contributed by atoms with Crippen LogP contribution in [0.1, 0.15) is 31.4 Å². The number of thiocarbonyl (C=S) groups is 1. The quantitative estimate of drug-likeness (QED) is 0.424. The number of carbonyl (C=O) groups excluding carboxylic acids is 1. The highest BCUT2D eigenvalue weighted by molar-refractivity contribution is 7.80. The molecule has 0 fully saturated rings. The zero-order chi connectivity index (χ0) is 17.2. The lowest BCUT2D eigenvalue weighted by molar-refractivity contribution is -0.116. The summed E-state index contributed by atoms with van der Waals surface area (Å²) in [6.07, 6.45) is 4.15. The second kappa shape index (κ2) is 9.84. The molecule has 0 spiro atoms. The van der Waals surface area contributed by atoms with E-state index in [0.29, 0.717) is 11.0 Å². The maximum Gasteiger partial charge on any atom is 0.262 e. The van der Waals surface area contributed by atoms with Crippen LogP contribution in [0.4, 0.5) is 0 Å². The number of hydrogen-bond donors (Lipinski definition) is 3. The summed E-state index contributed by atoms with van der Waals surface area (Å²) in [7, 11) is 1.60. The van der Waals surface area contributed by atoms with Crippen molar-refractivity contribution >= 4 is 29.3 Å². The molecule has 0 radical (unpaired) electrons. The van der Waals surface area contributed by atoms with Crippen molar-refractivity contribution in [2.45, 2.75) is 27.2 Å². The molecule has 0 saturated heterocycles. The van der Waals surface area contributed by atoms with E-state index in [-0.39, 0.29) is 5.91 Å². The topological polar surface area (TPSA) is 62.4 Å². The van der Waals surface area contributed by atoms with Crippen LogP contribution in [0.25, 0.3) is 6.08 Å². The summed E-state index contributed by atoms with van der Waals surface area (Å²) >= 11 is 5.08. The van der Waals surface area contributed by atoms with E-state index in [0.717, 1.165) is 29.8 Å². The van der Waals surface area contributed by atoms with Crippen molar-refractivity contribution in [3.05, 3.63) is 35.4 Å². The molecule has 0 aliphatic rings. The van der Waals surface area contributed by atoms with Gasteiger partial charge in [0, 0.05) is 18.2 Å². The zero-order valence-corrected chi connectivity index (χ0v) is 14.9. The summed E-state index contributed by atoms with van der Waals surface area (Å²) in [6.45, 7) is 7.05. The van der Waals surface area contributed by atoms with Gasteiger partial charge in [0.2, 0.25) is 0 Å². The Hall–Kier alpha value is -2.08. The van der Waals surface area contributed by atoms with Gasteiger partial charge < -0.3 is 10.1 Å². The van der Waals surface area contributed by atoms with Crippen LogP contribution in [0.3, 0.4) is 0 Å². The minimum atomic E-state index is -0.290. The average Bonchev–Trinajstić information content (AvgIpc) is 2.50. The number of carbonyl (C=O) groups is 1. The van der Waals surface area contributed by atoms with Crippen LogP contribution in [0.2, 0.25) is 0 Å². The number of ether oxygens (including phenoxy) is 1. The SMILES string of the molecule is COc1ccc(C)cc1/C=C/C(=O)NNC(=S)NCCC(C)C. The molecule has 0 bridgehead atoms. The van der Waals surface area contributed by atoms with Gasteiger partial charge in [-0.25, -0.2) is 0 Å². The molecular weight excluding hydrogens is 310 g/mol. The minimum Gasteiger partial charge on any atom is -0.496 e. The van der Waals surface area contributed by atoms with E-state index in [4.69, 9.17) is 17.0 Å². The van der Waals surface area contributed by atoms with E-state index >= 15 is 0 Å². The Labute approximate surface area is 143 Å².